The number of nitrogens with zero attached hydrogens (tertiary/aromatic N) is 2. The van der Waals surface area contributed by atoms with Crippen molar-refractivity contribution in [1.82, 2.24) is 15.2 Å². The molecule has 0 bridgehead atoms. The number of aromatic hydroxyl groups is 1. The molecule has 286 valence electrons. The van der Waals surface area contributed by atoms with Gasteiger partial charge in [-0.3, -0.25) is 14.6 Å². The maximum atomic E-state index is 14.4. The van der Waals surface area contributed by atoms with E-state index in [0.717, 1.165) is 47.9 Å². The predicted octanol–water partition coefficient (Wildman–Crippen LogP) is 6.97. The number of amides is 1. The monoisotopic (exact) mass is 734 g/mol. The van der Waals surface area contributed by atoms with Crippen LogP contribution in [-0.2, 0) is 37.0 Å². The lowest BCUT2D eigenvalue weighted by molar-refractivity contribution is -0.151. The second-order valence-corrected chi connectivity index (χ2v) is 14.5. The van der Waals surface area contributed by atoms with Crippen LogP contribution in [0.3, 0.4) is 0 Å². The number of carbonyl (C=O) groups excluding carboxylic acids is 2. The molecular formula is C44H54N4O6. The number of nitrogens with one attached hydrogen (secondary N) is 1. The Bertz CT molecular complexity index is 1730. The molecule has 1 saturated carbocycles. The Balaban J connectivity index is 1.14. The van der Waals surface area contributed by atoms with Gasteiger partial charge in [0.1, 0.15) is 12.4 Å². The van der Waals surface area contributed by atoms with Crippen molar-refractivity contribution >= 4 is 17.6 Å². The summed E-state index contributed by atoms with van der Waals surface area (Å²) in [6.07, 6.45) is 9.05. The molecule has 1 aliphatic carbocycles. The molecule has 2 fully saturated rings. The second-order valence-electron chi connectivity index (χ2n) is 14.5. The summed E-state index contributed by atoms with van der Waals surface area (Å²) in [6.45, 7) is 2.99. The van der Waals surface area contributed by atoms with Crippen molar-refractivity contribution in [1.29, 1.82) is 0 Å². The average Bonchev–Trinajstić information content (AvgIpc) is 3.22. The van der Waals surface area contributed by atoms with E-state index in [-0.39, 0.29) is 54.2 Å². The van der Waals surface area contributed by atoms with Crippen LogP contribution in [-0.4, -0.2) is 65.3 Å². The summed E-state index contributed by atoms with van der Waals surface area (Å²) in [5.74, 6) is 0.151. The third kappa shape index (κ3) is 11.1. The number of phenolic OH excluding ortho intramolecular Hbond substituents is 1. The topological polar surface area (TPSA) is 136 Å². The number of pyridine rings is 1. The first kappa shape index (κ1) is 38.9. The molecule has 1 aliphatic heterocycles. The first-order valence-electron chi connectivity index (χ1n) is 19.4. The number of carbonyl (C=O) groups is 2. The highest BCUT2D eigenvalue weighted by Crippen LogP contribution is 2.34. The van der Waals surface area contributed by atoms with Crippen molar-refractivity contribution in [3.63, 3.8) is 0 Å². The zero-order valence-electron chi connectivity index (χ0n) is 31.1. The van der Waals surface area contributed by atoms with Gasteiger partial charge in [0, 0.05) is 68.0 Å². The van der Waals surface area contributed by atoms with Gasteiger partial charge in [-0.15, -0.1) is 0 Å². The molecule has 2 unspecified atom stereocenters. The lowest BCUT2D eigenvalue weighted by Crippen LogP contribution is -2.46. The first-order chi connectivity index (χ1) is 26.4. The maximum absolute atomic E-state index is 14.4. The van der Waals surface area contributed by atoms with Gasteiger partial charge in [0.15, 0.2) is 0 Å². The molecule has 2 heterocycles. The van der Waals surface area contributed by atoms with Crippen molar-refractivity contribution in [3.05, 3.63) is 126 Å². The second kappa shape index (κ2) is 20.1. The molecule has 10 nitrogen and oxygen atoms in total. The van der Waals surface area contributed by atoms with Crippen molar-refractivity contribution in [2.24, 2.45) is 11.8 Å². The van der Waals surface area contributed by atoms with Crippen molar-refractivity contribution < 1.29 is 28.9 Å². The minimum Gasteiger partial charge on any atom is -0.508 e. The number of hydrogen-bond acceptors (Lipinski definition) is 9. The average molecular weight is 735 g/mol. The lowest BCUT2D eigenvalue weighted by Gasteiger charge is -2.38. The molecular weight excluding hydrogens is 681 g/mol. The predicted molar refractivity (Wildman–Crippen MR) is 208 cm³/mol. The van der Waals surface area contributed by atoms with Crippen LogP contribution in [0.1, 0.15) is 79.7 Å². The number of anilines is 1. The van der Waals surface area contributed by atoms with E-state index in [4.69, 9.17) is 19.9 Å². The van der Waals surface area contributed by atoms with Crippen LogP contribution in [0.2, 0.25) is 0 Å². The van der Waals surface area contributed by atoms with Gasteiger partial charge in [-0.05, 0) is 85.8 Å². The van der Waals surface area contributed by atoms with Crippen LogP contribution in [0, 0.1) is 11.8 Å². The summed E-state index contributed by atoms with van der Waals surface area (Å²) < 4.78 is 17.5. The SMILES string of the molecule is Nc1ccc(C(NC(CCC(=O)N(CCOCc2ccccc2)C2CCC(C(=O)OCc3ccccc3)CC2)C2CCOCC2)c2ccncc2)c(O)c1. The Kier molecular flexibility index (Phi) is 14.5. The van der Waals surface area contributed by atoms with Gasteiger partial charge in [0.05, 0.1) is 25.2 Å². The molecule has 4 aromatic rings. The number of nitrogens with two attached hydrogens (primary N) is 1. The molecule has 1 aromatic heterocycles. The van der Waals surface area contributed by atoms with E-state index >= 15 is 0 Å². The van der Waals surface area contributed by atoms with Crippen LogP contribution in [0.15, 0.2) is 103 Å². The highest BCUT2D eigenvalue weighted by molar-refractivity contribution is 5.77. The van der Waals surface area contributed by atoms with E-state index in [9.17, 15) is 14.7 Å². The van der Waals surface area contributed by atoms with Gasteiger partial charge in [0.25, 0.3) is 0 Å². The van der Waals surface area contributed by atoms with E-state index in [2.05, 4.69) is 10.3 Å². The van der Waals surface area contributed by atoms with Crippen LogP contribution >= 0.6 is 0 Å². The number of aromatic nitrogens is 1. The van der Waals surface area contributed by atoms with E-state index in [1.54, 1.807) is 24.5 Å². The number of nitrogen functional groups attached to an aromatic ring is 1. The smallest absolute Gasteiger partial charge is 0.309 e. The van der Waals surface area contributed by atoms with Gasteiger partial charge in [-0.2, -0.15) is 0 Å². The fourth-order valence-corrected chi connectivity index (χ4v) is 7.84. The standard InChI is InChI=1S/C44H54N4O6/c45-37-13-16-39(41(49)29-37)43(35-19-23-46-24-20-35)47-40(34-21-26-52-27-22-34)17-18-42(50)48(25-28-53-30-32-7-3-1-4-8-32)38-14-11-36(12-15-38)44(51)54-31-33-9-5-2-6-10-33/h1-10,13,16,19-20,23-24,29,34,36,38,40,43,47,49H,11-12,14-15,17-18,21-22,25-28,30-31,45H2. The molecule has 1 saturated heterocycles. The van der Waals surface area contributed by atoms with E-state index in [0.29, 0.717) is 64.3 Å². The summed E-state index contributed by atoms with van der Waals surface area (Å²) in [5, 5.41) is 14.9. The Hall–Kier alpha value is -4.77. The normalized spacial score (nSPS) is 18.7. The fourth-order valence-electron chi connectivity index (χ4n) is 7.84. The largest absolute Gasteiger partial charge is 0.508 e. The third-order valence-corrected chi connectivity index (χ3v) is 10.9. The minimum atomic E-state index is -0.337. The van der Waals surface area contributed by atoms with Crippen molar-refractivity contribution in [2.45, 2.75) is 82.7 Å². The van der Waals surface area contributed by atoms with Gasteiger partial charge in [-0.25, -0.2) is 0 Å². The zero-order chi connectivity index (χ0) is 37.5. The van der Waals surface area contributed by atoms with Crippen LogP contribution in [0.4, 0.5) is 5.69 Å². The number of phenols is 1. The fraction of sp³-hybridized carbons (Fsp3) is 0.432. The van der Waals surface area contributed by atoms with Gasteiger partial charge >= 0.3 is 5.97 Å². The highest BCUT2D eigenvalue weighted by Gasteiger charge is 2.34. The molecule has 1 amide bonds. The third-order valence-electron chi connectivity index (χ3n) is 10.9. The number of hydrogen-bond donors (Lipinski definition) is 3. The first-order valence-corrected chi connectivity index (χ1v) is 19.4. The Morgan fingerprint density at radius 2 is 1.54 bits per heavy atom. The molecule has 4 N–H and O–H groups in total. The summed E-state index contributed by atoms with van der Waals surface area (Å²) in [6, 6.07) is 28.6. The molecule has 54 heavy (non-hydrogen) atoms. The number of ether oxygens (including phenoxy) is 3. The molecule has 3 aromatic carbocycles. The zero-order valence-corrected chi connectivity index (χ0v) is 31.1. The van der Waals surface area contributed by atoms with Crippen LogP contribution in [0.25, 0.3) is 0 Å². The maximum Gasteiger partial charge on any atom is 0.309 e. The van der Waals surface area contributed by atoms with E-state index in [1.807, 2.05) is 83.8 Å². The van der Waals surface area contributed by atoms with Crippen LogP contribution in [0.5, 0.6) is 5.75 Å². The number of esters is 1. The molecule has 6 rings (SSSR count). The Morgan fingerprint density at radius 1 is 0.870 bits per heavy atom. The summed E-state index contributed by atoms with van der Waals surface area (Å²) >= 11 is 0. The van der Waals surface area contributed by atoms with Crippen LogP contribution < -0.4 is 11.1 Å². The molecule has 10 heteroatoms. The Morgan fingerprint density at radius 3 is 2.20 bits per heavy atom. The van der Waals surface area contributed by atoms with E-state index < -0.39 is 0 Å². The van der Waals surface area contributed by atoms with Gasteiger partial charge in [0.2, 0.25) is 5.91 Å². The summed E-state index contributed by atoms with van der Waals surface area (Å²) in [4.78, 5) is 33.6. The number of benzene rings is 3. The molecule has 2 aliphatic rings. The van der Waals surface area contributed by atoms with Crippen molar-refractivity contribution in [2.75, 3.05) is 32.1 Å². The van der Waals surface area contributed by atoms with Crippen molar-refractivity contribution in [3.8, 4) is 5.75 Å². The summed E-state index contributed by atoms with van der Waals surface area (Å²) in [7, 11) is 0. The summed E-state index contributed by atoms with van der Waals surface area (Å²) in [5.41, 5.74) is 10.2. The molecule has 0 spiro atoms. The Labute approximate surface area is 319 Å². The highest BCUT2D eigenvalue weighted by atomic mass is 16.5. The minimum absolute atomic E-state index is 0.0155. The van der Waals surface area contributed by atoms with Gasteiger partial charge < -0.3 is 35.3 Å². The van der Waals surface area contributed by atoms with E-state index in [1.165, 1.54) is 0 Å². The quantitative estimate of drug-likeness (QED) is 0.0597. The number of rotatable bonds is 17. The molecule has 0 radical (unpaired) electrons. The van der Waals surface area contributed by atoms with Gasteiger partial charge in [-0.1, -0.05) is 66.7 Å². The lowest BCUT2D eigenvalue weighted by atomic mass is 9.84. The molecule has 2 atom stereocenters.